The first-order chi connectivity index (χ1) is 6.86. The van der Waals surface area contributed by atoms with Gasteiger partial charge in [0.1, 0.15) is 5.82 Å². The number of aromatic nitrogens is 2. The maximum absolute atomic E-state index is 5.41. The number of rotatable bonds is 6. The number of anilines is 1. The number of unbranched alkanes of at least 4 members (excludes halogenated alkanes) is 1. The third kappa shape index (κ3) is 3.70. The molecule has 0 bridgehead atoms. The van der Waals surface area contributed by atoms with Gasteiger partial charge >= 0.3 is 0 Å². The van der Waals surface area contributed by atoms with Crippen molar-refractivity contribution >= 4 is 5.82 Å². The van der Waals surface area contributed by atoms with Crippen molar-refractivity contribution < 1.29 is 4.74 Å². The molecule has 0 saturated carbocycles. The molecule has 0 spiro atoms. The molecule has 0 saturated heterocycles. The molecule has 1 aromatic heterocycles. The fourth-order valence-electron chi connectivity index (χ4n) is 0.982. The Balaban J connectivity index is 2.29. The Labute approximate surface area is 84.7 Å². The standard InChI is InChI=1S/C10H17N3O/c1-3-4-5-14-8-9-6-13-10(11-2)7-12-9/h6-7H,3-5,8H2,1-2H3,(H,11,13). The smallest absolute Gasteiger partial charge is 0.144 e. The van der Waals surface area contributed by atoms with E-state index >= 15 is 0 Å². The summed E-state index contributed by atoms with van der Waals surface area (Å²) in [7, 11) is 1.82. The minimum Gasteiger partial charge on any atom is -0.375 e. The molecule has 1 rings (SSSR count). The van der Waals surface area contributed by atoms with E-state index in [9.17, 15) is 0 Å². The topological polar surface area (TPSA) is 47.0 Å². The van der Waals surface area contributed by atoms with E-state index in [1.807, 2.05) is 7.05 Å². The van der Waals surface area contributed by atoms with E-state index in [1.54, 1.807) is 12.4 Å². The highest BCUT2D eigenvalue weighted by Gasteiger charge is 1.95. The van der Waals surface area contributed by atoms with Gasteiger partial charge in [-0.2, -0.15) is 0 Å². The van der Waals surface area contributed by atoms with E-state index in [0.717, 1.165) is 31.0 Å². The Morgan fingerprint density at radius 1 is 1.36 bits per heavy atom. The maximum atomic E-state index is 5.41. The number of nitrogens with one attached hydrogen (secondary N) is 1. The monoisotopic (exact) mass is 195 g/mol. The lowest BCUT2D eigenvalue weighted by Crippen LogP contribution is -2.00. The van der Waals surface area contributed by atoms with Gasteiger partial charge in [0, 0.05) is 13.7 Å². The highest BCUT2D eigenvalue weighted by atomic mass is 16.5. The van der Waals surface area contributed by atoms with Crippen molar-refractivity contribution in [2.24, 2.45) is 0 Å². The first-order valence-electron chi connectivity index (χ1n) is 4.93. The molecule has 0 aliphatic carbocycles. The van der Waals surface area contributed by atoms with Gasteiger partial charge in [-0.25, -0.2) is 4.98 Å². The summed E-state index contributed by atoms with van der Waals surface area (Å²) >= 11 is 0. The predicted molar refractivity (Wildman–Crippen MR) is 56.1 cm³/mol. The zero-order valence-corrected chi connectivity index (χ0v) is 8.79. The van der Waals surface area contributed by atoms with Crippen LogP contribution in [0.15, 0.2) is 12.4 Å². The van der Waals surface area contributed by atoms with Crippen LogP contribution in [0.25, 0.3) is 0 Å². The maximum Gasteiger partial charge on any atom is 0.144 e. The molecule has 1 aromatic rings. The zero-order valence-electron chi connectivity index (χ0n) is 8.79. The van der Waals surface area contributed by atoms with Crippen molar-refractivity contribution in [3.05, 3.63) is 18.1 Å². The SMILES string of the molecule is CCCCOCc1cnc(NC)cn1. The quantitative estimate of drug-likeness (QED) is 0.703. The Morgan fingerprint density at radius 3 is 2.79 bits per heavy atom. The van der Waals surface area contributed by atoms with Crippen LogP contribution >= 0.6 is 0 Å². The number of ether oxygens (including phenoxy) is 1. The highest BCUT2D eigenvalue weighted by Crippen LogP contribution is 2.01. The van der Waals surface area contributed by atoms with E-state index in [4.69, 9.17) is 4.74 Å². The summed E-state index contributed by atoms with van der Waals surface area (Å²) < 4.78 is 5.41. The van der Waals surface area contributed by atoms with E-state index in [1.165, 1.54) is 0 Å². The van der Waals surface area contributed by atoms with Gasteiger partial charge in [0.2, 0.25) is 0 Å². The van der Waals surface area contributed by atoms with Crippen molar-refractivity contribution in [3.63, 3.8) is 0 Å². The van der Waals surface area contributed by atoms with E-state index in [2.05, 4.69) is 22.2 Å². The minimum absolute atomic E-state index is 0.553. The molecular formula is C10H17N3O. The molecule has 0 aromatic carbocycles. The fraction of sp³-hybridized carbons (Fsp3) is 0.600. The summed E-state index contributed by atoms with van der Waals surface area (Å²) in [5.74, 6) is 0.780. The molecule has 1 heterocycles. The molecule has 78 valence electrons. The van der Waals surface area contributed by atoms with Crippen LogP contribution in [-0.2, 0) is 11.3 Å². The summed E-state index contributed by atoms with van der Waals surface area (Å²) in [5.41, 5.74) is 0.875. The lowest BCUT2D eigenvalue weighted by molar-refractivity contribution is 0.115. The van der Waals surface area contributed by atoms with Crippen LogP contribution in [0.3, 0.4) is 0 Å². The minimum atomic E-state index is 0.553. The average molecular weight is 195 g/mol. The highest BCUT2D eigenvalue weighted by molar-refractivity contribution is 5.29. The van der Waals surface area contributed by atoms with Crippen LogP contribution in [0.1, 0.15) is 25.5 Å². The summed E-state index contributed by atoms with van der Waals surface area (Å²) in [6.45, 7) is 3.49. The van der Waals surface area contributed by atoms with Gasteiger partial charge in [-0.15, -0.1) is 0 Å². The van der Waals surface area contributed by atoms with Crippen LogP contribution in [-0.4, -0.2) is 23.6 Å². The fourth-order valence-corrected chi connectivity index (χ4v) is 0.982. The normalized spacial score (nSPS) is 10.1. The van der Waals surface area contributed by atoms with Crippen molar-refractivity contribution in [2.45, 2.75) is 26.4 Å². The van der Waals surface area contributed by atoms with Crippen molar-refractivity contribution in [1.29, 1.82) is 0 Å². The van der Waals surface area contributed by atoms with Crippen LogP contribution < -0.4 is 5.32 Å². The van der Waals surface area contributed by atoms with Crippen LogP contribution in [0.5, 0.6) is 0 Å². The molecule has 4 heteroatoms. The second kappa shape index (κ2) is 6.32. The van der Waals surface area contributed by atoms with Gasteiger partial charge in [0.15, 0.2) is 0 Å². The Hall–Kier alpha value is -1.16. The van der Waals surface area contributed by atoms with Crippen molar-refractivity contribution in [1.82, 2.24) is 9.97 Å². The first-order valence-corrected chi connectivity index (χ1v) is 4.93. The summed E-state index contributed by atoms with van der Waals surface area (Å²) in [5, 5.41) is 2.92. The molecule has 0 aliphatic rings. The number of nitrogens with zero attached hydrogens (tertiary/aromatic N) is 2. The third-order valence-electron chi connectivity index (χ3n) is 1.85. The zero-order chi connectivity index (χ0) is 10.2. The van der Waals surface area contributed by atoms with E-state index in [0.29, 0.717) is 6.61 Å². The first kappa shape index (κ1) is 10.9. The van der Waals surface area contributed by atoms with E-state index < -0.39 is 0 Å². The van der Waals surface area contributed by atoms with Gasteiger partial charge in [0.05, 0.1) is 24.7 Å². The second-order valence-electron chi connectivity index (χ2n) is 3.05. The van der Waals surface area contributed by atoms with Gasteiger partial charge in [-0.1, -0.05) is 13.3 Å². The molecule has 14 heavy (non-hydrogen) atoms. The summed E-state index contributed by atoms with van der Waals surface area (Å²) in [6, 6.07) is 0. The Bertz CT molecular complexity index is 248. The van der Waals surface area contributed by atoms with Crippen LogP contribution in [0.4, 0.5) is 5.82 Å². The largest absolute Gasteiger partial charge is 0.375 e. The average Bonchev–Trinajstić information content (AvgIpc) is 2.25. The predicted octanol–water partition coefficient (Wildman–Crippen LogP) is 1.83. The van der Waals surface area contributed by atoms with E-state index in [-0.39, 0.29) is 0 Å². The van der Waals surface area contributed by atoms with Gasteiger partial charge < -0.3 is 10.1 Å². The lowest BCUT2D eigenvalue weighted by Gasteiger charge is -2.03. The summed E-state index contributed by atoms with van der Waals surface area (Å²) in [6.07, 6.45) is 5.70. The number of hydrogen-bond donors (Lipinski definition) is 1. The molecule has 4 nitrogen and oxygen atoms in total. The molecule has 0 unspecified atom stereocenters. The van der Waals surface area contributed by atoms with Crippen molar-refractivity contribution in [3.8, 4) is 0 Å². The Morgan fingerprint density at radius 2 is 2.21 bits per heavy atom. The lowest BCUT2D eigenvalue weighted by atomic mass is 10.4. The molecule has 1 N–H and O–H groups in total. The van der Waals surface area contributed by atoms with Crippen LogP contribution in [0.2, 0.25) is 0 Å². The molecule has 0 fully saturated rings. The Kier molecular flexibility index (Phi) is 4.93. The third-order valence-corrected chi connectivity index (χ3v) is 1.85. The molecule has 0 amide bonds. The molecule has 0 aliphatic heterocycles. The molecular weight excluding hydrogens is 178 g/mol. The van der Waals surface area contributed by atoms with Crippen molar-refractivity contribution in [2.75, 3.05) is 19.0 Å². The second-order valence-corrected chi connectivity index (χ2v) is 3.05. The summed E-state index contributed by atoms with van der Waals surface area (Å²) in [4.78, 5) is 8.34. The molecule has 0 radical (unpaired) electrons. The molecule has 0 atom stereocenters. The van der Waals surface area contributed by atoms with Crippen LogP contribution in [0, 0.1) is 0 Å². The van der Waals surface area contributed by atoms with Gasteiger partial charge in [-0.05, 0) is 6.42 Å². The van der Waals surface area contributed by atoms with Gasteiger partial charge in [-0.3, -0.25) is 4.98 Å². The number of hydrogen-bond acceptors (Lipinski definition) is 4. The van der Waals surface area contributed by atoms with Gasteiger partial charge in [0.25, 0.3) is 0 Å².